The Morgan fingerprint density at radius 1 is 0.964 bits per heavy atom. The van der Waals surface area contributed by atoms with Crippen LogP contribution in [0.4, 0.5) is 5.69 Å². The summed E-state index contributed by atoms with van der Waals surface area (Å²) in [7, 11) is -2.07. The van der Waals surface area contributed by atoms with Crippen molar-refractivity contribution in [3.8, 4) is 11.1 Å². The maximum atomic E-state index is 12.8. The molecule has 0 atom stereocenters. The number of hydrogen-bond donors (Lipinski definition) is 1. The van der Waals surface area contributed by atoms with E-state index in [-0.39, 0.29) is 17.3 Å². The normalized spacial score (nSPS) is 11.4. The van der Waals surface area contributed by atoms with Gasteiger partial charge in [-0.2, -0.15) is 4.31 Å². The molecule has 28 heavy (non-hydrogen) atoms. The average molecular weight is 395 g/mol. The number of amides is 1. The van der Waals surface area contributed by atoms with Crippen LogP contribution in [0.25, 0.3) is 11.1 Å². The fourth-order valence-corrected chi connectivity index (χ4v) is 3.90. The van der Waals surface area contributed by atoms with Crippen LogP contribution in [0, 0.1) is 0 Å². The summed E-state index contributed by atoms with van der Waals surface area (Å²) in [6.07, 6.45) is 1.64. The minimum Gasteiger partial charge on any atom is -0.326 e. The summed E-state index contributed by atoms with van der Waals surface area (Å²) < 4.78 is 26.9. The van der Waals surface area contributed by atoms with Gasteiger partial charge in [0.25, 0.3) is 0 Å². The summed E-state index contributed by atoms with van der Waals surface area (Å²) in [5, 5.41) is 2.72. The second kappa shape index (κ2) is 8.33. The maximum Gasteiger partial charge on any atom is 0.243 e. The van der Waals surface area contributed by atoms with Crippen molar-refractivity contribution in [3.05, 3.63) is 78.6 Å². The molecule has 2 aromatic carbocycles. The molecular formula is C21H21N3O3S. The SMILES string of the molecule is CC(=O)Nc1ccc(-c2ccc(S(=O)(=O)N(C)Cc3ccccn3)cc2)cc1. The number of hydrogen-bond acceptors (Lipinski definition) is 4. The number of sulfonamides is 1. The third-order valence-corrected chi connectivity index (χ3v) is 6.03. The molecule has 0 fully saturated rings. The fourth-order valence-electron chi connectivity index (χ4n) is 2.75. The van der Waals surface area contributed by atoms with E-state index in [0.717, 1.165) is 11.1 Å². The second-order valence-electron chi connectivity index (χ2n) is 6.37. The van der Waals surface area contributed by atoms with Crippen LogP contribution in [0.15, 0.2) is 77.8 Å². The highest BCUT2D eigenvalue weighted by Gasteiger charge is 2.21. The third-order valence-electron chi connectivity index (χ3n) is 4.21. The molecule has 1 amide bonds. The maximum absolute atomic E-state index is 12.8. The smallest absolute Gasteiger partial charge is 0.243 e. The molecule has 0 radical (unpaired) electrons. The zero-order chi connectivity index (χ0) is 20.1. The van der Waals surface area contributed by atoms with Crippen LogP contribution in [0.3, 0.4) is 0 Å². The van der Waals surface area contributed by atoms with E-state index in [2.05, 4.69) is 10.3 Å². The molecule has 0 aliphatic carbocycles. The van der Waals surface area contributed by atoms with Gasteiger partial charge in [-0.3, -0.25) is 9.78 Å². The minimum absolute atomic E-state index is 0.128. The van der Waals surface area contributed by atoms with Crippen molar-refractivity contribution >= 4 is 21.6 Å². The van der Waals surface area contributed by atoms with Crippen molar-refractivity contribution in [2.45, 2.75) is 18.4 Å². The number of rotatable bonds is 6. The molecule has 144 valence electrons. The predicted octanol–water partition coefficient (Wildman–Crippen LogP) is 3.53. The van der Waals surface area contributed by atoms with Gasteiger partial charge >= 0.3 is 0 Å². The quantitative estimate of drug-likeness (QED) is 0.692. The Balaban J connectivity index is 1.76. The lowest BCUT2D eigenvalue weighted by molar-refractivity contribution is -0.114. The highest BCUT2D eigenvalue weighted by atomic mass is 32.2. The monoisotopic (exact) mass is 395 g/mol. The van der Waals surface area contributed by atoms with Crippen LogP contribution in [-0.2, 0) is 21.4 Å². The topological polar surface area (TPSA) is 79.4 Å². The van der Waals surface area contributed by atoms with Crippen molar-refractivity contribution in [1.82, 2.24) is 9.29 Å². The molecular weight excluding hydrogens is 374 g/mol. The summed E-state index contributed by atoms with van der Waals surface area (Å²) in [5.74, 6) is -0.128. The Morgan fingerprint density at radius 3 is 2.11 bits per heavy atom. The number of nitrogens with zero attached hydrogens (tertiary/aromatic N) is 2. The molecule has 0 aliphatic rings. The van der Waals surface area contributed by atoms with Gasteiger partial charge in [-0.15, -0.1) is 0 Å². The van der Waals surface area contributed by atoms with Gasteiger partial charge in [0.05, 0.1) is 17.1 Å². The first-order valence-corrected chi connectivity index (χ1v) is 10.1. The van der Waals surface area contributed by atoms with E-state index in [9.17, 15) is 13.2 Å². The Bertz CT molecular complexity index is 1050. The molecule has 1 aromatic heterocycles. The Kier molecular flexibility index (Phi) is 5.87. The van der Waals surface area contributed by atoms with E-state index in [1.54, 1.807) is 49.6 Å². The van der Waals surface area contributed by atoms with Crippen LogP contribution >= 0.6 is 0 Å². The molecule has 3 aromatic rings. The van der Waals surface area contributed by atoms with E-state index in [4.69, 9.17) is 0 Å². The van der Waals surface area contributed by atoms with Crippen molar-refractivity contribution < 1.29 is 13.2 Å². The Labute approximate surface area is 164 Å². The van der Waals surface area contributed by atoms with Gasteiger partial charge < -0.3 is 5.32 Å². The Morgan fingerprint density at radius 2 is 1.57 bits per heavy atom. The lowest BCUT2D eigenvalue weighted by atomic mass is 10.1. The zero-order valence-electron chi connectivity index (χ0n) is 15.7. The molecule has 3 rings (SSSR count). The summed E-state index contributed by atoms with van der Waals surface area (Å²) in [4.78, 5) is 15.5. The highest BCUT2D eigenvalue weighted by molar-refractivity contribution is 7.89. The first-order chi connectivity index (χ1) is 13.4. The molecule has 1 heterocycles. The Hall–Kier alpha value is -3.03. The van der Waals surface area contributed by atoms with E-state index < -0.39 is 10.0 Å². The third kappa shape index (κ3) is 4.62. The van der Waals surface area contributed by atoms with Crippen LogP contribution in [0.5, 0.6) is 0 Å². The highest BCUT2D eigenvalue weighted by Crippen LogP contribution is 2.24. The van der Waals surface area contributed by atoms with Crippen molar-refractivity contribution in [1.29, 1.82) is 0 Å². The second-order valence-corrected chi connectivity index (χ2v) is 8.41. The van der Waals surface area contributed by atoms with Gasteiger partial charge in [-0.05, 0) is 47.5 Å². The number of anilines is 1. The number of benzene rings is 2. The molecule has 7 heteroatoms. The predicted molar refractivity (Wildman–Crippen MR) is 109 cm³/mol. The summed E-state index contributed by atoms with van der Waals surface area (Å²) >= 11 is 0. The molecule has 1 N–H and O–H groups in total. The minimum atomic E-state index is -3.61. The van der Waals surface area contributed by atoms with Gasteiger partial charge in [0.1, 0.15) is 0 Å². The number of pyridine rings is 1. The molecule has 6 nitrogen and oxygen atoms in total. The summed E-state index contributed by atoms with van der Waals surface area (Å²) in [6.45, 7) is 1.66. The standard InChI is InChI=1S/C21H21N3O3S/c1-16(25)23-19-10-6-17(7-11-19)18-8-12-21(13-9-18)28(26,27)24(2)15-20-5-3-4-14-22-20/h3-14H,15H2,1-2H3,(H,23,25). The zero-order valence-corrected chi connectivity index (χ0v) is 16.5. The number of aromatic nitrogens is 1. The number of carbonyl (C=O) groups excluding carboxylic acids is 1. The lowest BCUT2D eigenvalue weighted by Gasteiger charge is -2.17. The van der Waals surface area contributed by atoms with E-state index in [1.807, 2.05) is 30.3 Å². The van der Waals surface area contributed by atoms with Crippen LogP contribution < -0.4 is 5.32 Å². The fraction of sp³-hybridized carbons (Fsp3) is 0.143. The summed E-state index contributed by atoms with van der Waals surface area (Å²) in [5.41, 5.74) is 3.22. The van der Waals surface area contributed by atoms with Gasteiger partial charge in [0, 0.05) is 25.9 Å². The largest absolute Gasteiger partial charge is 0.326 e. The first kappa shape index (κ1) is 19.7. The van der Waals surface area contributed by atoms with Gasteiger partial charge in [0.2, 0.25) is 15.9 Å². The first-order valence-electron chi connectivity index (χ1n) is 8.70. The van der Waals surface area contributed by atoms with Gasteiger partial charge in [-0.1, -0.05) is 30.3 Å². The average Bonchev–Trinajstić information content (AvgIpc) is 2.69. The van der Waals surface area contributed by atoms with Crippen LogP contribution in [0.1, 0.15) is 12.6 Å². The van der Waals surface area contributed by atoms with Crippen molar-refractivity contribution in [3.63, 3.8) is 0 Å². The van der Waals surface area contributed by atoms with E-state index in [0.29, 0.717) is 11.4 Å². The van der Waals surface area contributed by atoms with Crippen molar-refractivity contribution in [2.24, 2.45) is 0 Å². The van der Waals surface area contributed by atoms with Gasteiger partial charge in [0.15, 0.2) is 0 Å². The van der Waals surface area contributed by atoms with Crippen molar-refractivity contribution in [2.75, 3.05) is 12.4 Å². The van der Waals surface area contributed by atoms with Gasteiger partial charge in [-0.25, -0.2) is 8.42 Å². The summed E-state index contributed by atoms with van der Waals surface area (Å²) in [6, 6.07) is 19.5. The number of nitrogens with one attached hydrogen (secondary N) is 1. The molecule has 0 unspecified atom stereocenters. The van der Waals surface area contributed by atoms with E-state index >= 15 is 0 Å². The lowest BCUT2D eigenvalue weighted by Crippen LogP contribution is -2.26. The molecule has 0 saturated carbocycles. The van der Waals surface area contributed by atoms with E-state index in [1.165, 1.54) is 11.2 Å². The number of carbonyl (C=O) groups is 1. The molecule has 0 bridgehead atoms. The molecule has 0 spiro atoms. The van der Waals surface area contributed by atoms with Crippen LogP contribution in [0.2, 0.25) is 0 Å². The van der Waals surface area contributed by atoms with Crippen LogP contribution in [-0.4, -0.2) is 30.7 Å². The molecule has 0 aliphatic heterocycles. The molecule has 0 saturated heterocycles.